The number of amides is 2. The topological polar surface area (TPSA) is 103 Å². The third-order valence-corrected chi connectivity index (χ3v) is 6.93. The number of carbonyl (C=O) groups excluding carboxylic acids is 2. The molecule has 2 fully saturated rings. The number of aromatic nitrogens is 3. The van der Waals surface area contributed by atoms with Crippen LogP contribution in [0, 0.1) is 22.7 Å². The number of pyridine rings is 1. The van der Waals surface area contributed by atoms with Gasteiger partial charge in [-0.25, -0.2) is 4.52 Å². The lowest BCUT2D eigenvalue weighted by Crippen LogP contribution is -2.43. The van der Waals surface area contributed by atoms with E-state index in [1.807, 2.05) is 27.6 Å². The molecule has 31 heavy (non-hydrogen) atoms. The van der Waals surface area contributed by atoms with E-state index in [0.29, 0.717) is 5.95 Å². The lowest BCUT2D eigenvalue weighted by atomic mass is 9.69. The van der Waals surface area contributed by atoms with E-state index in [4.69, 9.17) is 5.26 Å². The Morgan fingerprint density at radius 1 is 1.19 bits per heavy atom. The molecule has 1 atom stereocenters. The number of allylic oxidation sites excluding steroid dienone is 2. The minimum absolute atomic E-state index is 0.0107. The summed E-state index contributed by atoms with van der Waals surface area (Å²) in [6.07, 6.45) is 10.4. The van der Waals surface area contributed by atoms with Gasteiger partial charge in [-0.3, -0.25) is 14.9 Å². The first-order valence-corrected chi connectivity index (χ1v) is 11.1. The smallest absolute Gasteiger partial charge is 0.249 e. The van der Waals surface area contributed by atoms with Crippen molar-refractivity contribution in [2.75, 3.05) is 18.4 Å². The maximum Gasteiger partial charge on any atom is 0.249 e. The van der Waals surface area contributed by atoms with Gasteiger partial charge >= 0.3 is 0 Å². The summed E-state index contributed by atoms with van der Waals surface area (Å²) in [5.74, 6) is 0.676. The van der Waals surface area contributed by atoms with E-state index in [1.165, 1.54) is 0 Å². The highest BCUT2D eigenvalue weighted by atomic mass is 16.2. The maximum atomic E-state index is 12.1. The number of anilines is 1. The van der Waals surface area contributed by atoms with E-state index in [1.54, 1.807) is 0 Å². The fourth-order valence-corrected chi connectivity index (χ4v) is 4.80. The summed E-state index contributed by atoms with van der Waals surface area (Å²) in [4.78, 5) is 30.3. The Morgan fingerprint density at radius 3 is 2.68 bits per heavy atom. The Morgan fingerprint density at radius 2 is 2.00 bits per heavy atom. The molecule has 1 unspecified atom stereocenters. The van der Waals surface area contributed by atoms with Crippen molar-refractivity contribution in [1.29, 1.82) is 5.26 Å². The Balaban J connectivity index is 1.30. The second kappa shape index (κ2) is 7.80. The first kappa shape index (κ1) is 19.7. The van der Waals surface area contributed by atoms with Crippen molar-refractivity contribution in [3.63, 3.8) is 0 Å². The molecule has 1 saturated heterocycles. The summed E-state index contributed by atoms with van der Waals surface area (Å²) in [7, 11) is 0. The maximum absolute atomic E-state index is 12.1. The molecule has 1 aliphatic heterocycles. The molecule has 1 N–H and O–H groups in total. The average Bonchev–Trinajstić information content (AvgIpc) is 3.55. The predicted molar refractivity (Wildman–Crippen MR) is 114 cm³/mol. The van der Waals surface area contributed by atoms with E-state index in [2.05, 4.69) is 33.6 Å². The van der Waals surface area contributed by atoms with Crippen molar-refractivity contribution in [1.82, 2.24) is 19.5 Å². The lowest BCUT2D eigenvalue weighted by Gasteiger charge is -2.42. The third-order valence-electron chi connectivity index (χ3n) is 6.93. The zero-order chi connectivity index (χ0) is 21.4. The first-order chi connectivity index (χ1) is 15.1. The molecule has 160 valence electrons. The summed E-state index contributed by atoms with van der Waals surface area (Å²) < 4.78 is 1.85. The molecule has 5 rings (SSSR count). The molecule has 1 saturated carbocycles. The number of carbonyl (C=O) groups is 2. The van der Waals surface area contributed by atoms with Crippen LogP contribution in [0.4, 0.5) is 5.95 Å². The van der Waals surface area contributed by atoms with E-state index in [9.17, 15) is 9.59 Å². The van der Waals surface area contributed by atoms with Crippen LogP contribution in [0.25, 0.3) is 5.65 Å². The number of nitriles is 1. The molecule has 2 aliphatic carbocycles. The van der Waals surface area contributed by atoms with Crippen molar-refractivity contribution in [2.24, 2.45) is 11.3 Å². The van der Waals surface area contributed by atoms with Crippen LogP contribution in [0.3, 0.4) is 0 Å². The number of piperidine rings is 1. The van der Waals surface area contributed by atoms with Gasteiger partial charge in [0.1, 0.15) is 6.42 Å². The molecule has 0 bridgehead atoms. The summed E-state index contributed by atoms with van der Waals surface area (Å²) >= 11 is 0. The van der Waals surface area contributed by atoms with Gasteiger partial charge in [0, 0.05) is 24.9 Å². The highest BCUT2D eigenvalue weighted by molar-refractivity contribution is 5.92. The molecule has 2 amide bonds. The van der Waals surface area contributed by atoms with Crippen molar-refractivity contribution < 1.29 is 9.59 Å². The minimum Gasteiger partial charge on any atom is -0.342 e. The first-order valence-electron chi connectivity index (χ1n) is 11.1. The quantitative estimate of drug-likeness (QED) is 0.769. The molecule has 2 aromatic rings. The SMILES string of the molecule is N#CCC(=O)N1CCC2(C=CC(c3cccc4nc(NC(=O)C5CC5)nn34)CC2)CC1. The van der Waals surface area contributed by atoms with Gasteiger partial charge in [-0.15, -0.1) is 5.10 Å². The van der Waals surface area contributed by atoms with E-state index >= 15 is 0 Å². The van der Waals surface area contributed by atoms with Crippen molar-refractivity contribution in [3.8, 4) is 6.07 Å². The molecule has 2 aromatic heterocycles. The van der Waals surface area contributed by atoms with E-state index in [0.717, 1.165) is 63.0 Å². The van der Waals surface area contributed by atoms with Crippen LogP contribution in [0.1, 0.15) is 56.6 Å². The Hall–Kier alpha value is -3.21. The largest absolute Gasteiger partial charge is 0.342 e. The van der Waals surface area contributed by atoms with Crippen LogP contribution in [0.15, 0.2) is 30.4 Å². The predicted octanol–water partition coefficient (Wildman–Crippen LogP) is 3.03. The van der Waals surface area contributed by atoms with Gasteiger partial charge in [-0.2, -0.15) is 10.2 Å². The van der Waals surface area contributed by atoms with Gasteiger partial charge in [0.2, 0.25) is 17.8 Å². The molecule has 3 aliphatic rings. The zero-order valence-electron chi connectivity index (χ0n) is 17.5. The summed E-state index contributed by atoms with van der Waals surface area (Å²) in [5, 5.41) is 16.2. The van der Waals surface area contributed by atoms with E-state index < -0.39 is 0 Å². The van der Waals surface area contributed by atoms with E-state index in [-0.39, 0.29) is 35.5 Å². The number of rotatable bonds is 4. The molecular weight excluding hydrogens is 392 g/mol. The van der Waals surface area contributed by atoms with Crippen LogP contribution >= 0.6 is 0 Å². The van der Waals surface area contributed by atoms with Crippen molar-refractivity contribution in [3.05, 3.63) is 36.0 Å². The summed E-state index contributed by atoms with van der Waals surface area (Å²) in [5.41, 5.74) is 1.95. The Labute approximate surface area is 180 Å². The zero-order valence-corrected chi connectivity index (χ0v) is 17.5. The number of likely N-dealkylation sites (tertiary alicyclic amines) is 1. The van der Waals surface area contributed by atoms with Crippen LogP contribution in [-0.4, -0.2) is 44.4 Å². The van der Waals surface area contributed by atoms with Crippen LogP contribution in [-0.2, 0) is 9.59 Å². The molecule has 8 nitrogen and oxygen atoms in total. The Bertz CT molecular complexity index is 1090. The highest BCUT2D eigenvalue weighted by Crippen LogP contribution is 2.44. The van der Waals surface area contributed by atoms with Gasteiger partial charge in [0.05, 0.1) is 11.8 Å². The molecular formula is C23H26N6O2. The molecule has 8 heteroatoms. The monoisotopic (exact) mass is 418 g/mol. The number of nitrogens with one attached hydrogen (secondary N) is 1. The van der Waals surface area contributed by atoms with Crippen molar-refractivity contribution in [2.45, 2.75) is 50.9 Å². The lowest BCUT2D eigenvalue weighted by molar-refractivity contribution is -0.132. The molecule has 3 heterocycles. The highest BCUT2D eigenvalue weighted by Gasteiger charge is 2.36. The van der Waals surface area contributed by atoms with Gasteiger partial charge in [-0.1, -0.05) is 18.2 Å². The number of hydrogen-bond donors (Lipinski definition) is 1. The van der Waals surface area contributed by atoms with Crippen molar-refractivity contribution >= 4 is 23.4 Å². The van der Waals surface area contributed by atoms with Gasteiger partial charge in [0.25, 0.3) is 0 Å². The average molecular weight is 419 g/mol. The second-order valence-electron chi connectivity index (χ2n) is 9.00. The fourth-order valence-electron chi connectivity index (χ4n) is 4.80. The van der Waals surface area contributed by atoms with Gasteiger partial charge < -0.3 is 4.90 Å². The van der Waals surface area contributed by atoms with Gasteiger partial charge in [0.15, 0.2) is 5.65 Å². The normalized spacial score (nSPS) is 22.4. The second-order valence-corrected chi connectivity index (χ2v) is 9.00. The number of nitrogens with zero attached hydrogens (tertiary/aromatic N) is 5. The van der Waals surface area contributed by atoms with Gasteiger partial charge in [-0.05, 0) is 56.1 Å². The molecule has 0 radical (unpaired) electrons. The molecule has 1 spiro atoms. The third kappa shape index (κ3) is 3.92. The molecule has 0 aromatic carbocycles. The standard InChI is InChI=1S/C23H26N6O2/c24-13-8-20(30)28-14-11-23(12-15-28)9-6-16(7-10-23)18-2-1-3-19-25-22(27-29(18)19)26-21(31)17-4-5-17/h1-3,6,9,16-17H,4-5,7-8,10-12,14-15H2,(H,26,27,31). The fraction of sp³-hybridized carbons (Fsp3) is 0.522. The van der Waals surface area contributed by atoms with Crippen LogP contribution < -0.4 is 5.32 Å². The number of hydrogen-bond acceptors (Lipinski definition) is 5. The summed E-state index contributed by atoms with van der Waals surface area (Å²) in [6, 6.07) is 7.92. The van der Waals surface area contributed by atoms with Crippen LogP contribution in [0.2, 0.25) is 0 Å². The number of fused-ring (bicyclic) bond motifs is 1. The van der Waals surface area contributed by atoms with Crippen LogP contribution in [0.5, 0.6) is 0 Å². The Kier molecular flexibility index (Phi) is 4.97. The minimum atomic E-state index is -0.0579. The summed E-state index contributed by atoms with van der Waals surface area (Å²) in [6.45, 7) is 1.44.